The quantitative estimate of drug-likeness (QED) is 0.683. The largest absolute Gasteiger partial charge is 0.312 e. The monoisotopic (exact) mass is 384 g/mol. The van der Waals surface area contributed by atoms with E-state index >= 15 is 0 Å². The molecule has 1 N–H and O–H groups in total. The van der Waals surface area contributed by atoms with Crippen molar-refractivity contribution in [2.24, 2.45) is 0 Å². The number of hydrogen-bond acceptors (Lipinski definition) is 3. The van der Waals surface area contributed by atoms with Gasteiger partial charge < -0.3 is 4.98 Å². The van der Waals surface area contributed by atoms with E-state index in [2.05, 4.69) is 41.8 Å². The fourth-order valence-electron chi connectivity index (χ4n) is 1.69. The van der Waals surface area contributed by atoms with E-state index in [9.17, 15) is 4.79 Å². The van der Waals surface area contributed by atoms with Gasteiger partial charge in [-0.3, -0.25) is 4.79 Å². The highest BCUT2D eigenvalue weighted by atomic mass is 79.9. The van der Waals surface area contributed by atoms with E-state index in [4.69, 9.17) is 0 Å². The first-order valence-electron chi connectivity index (χ1n) is 5.08. The third-order valence-corrected chi connectivity index (χ3v) is 4.85. The van der Waals surface area contributed by atoms with E-state index in [0.717, 1.165) is 24.9 Å². The molecule has 0 aliphatic rings. The SMILES string of the molecule is O=c1[nH]cnc2cc(-c3cc(Br)ccc3Br)sc12. The van der Waals surface area contributed by atoms with Crippen molar-refractivity contribution in [3.8, 4) is 10.4 Å². The van der Waals surface area contributed by atoms with Crippen LogP contribution in [-0.4, -0.2) is 9.97 Å². The van der Waals surface area contributed by atoms with Gasteiger partial charge in [-0.15, -0.1) is 11.3 Å². The average molecular weight is 386 g/mol. The van der Waals surface area contributed by atoms with Crippen molar-refractivity contribution in [1.29, 1.82) is 0 Å². The molecule has 18 heavy (non-hydrogen) atoms. The zero-order valence-electron chi connectivity index (χ0n) is 8.91. The van der Waals surface area contributed by atoms with E-state index in [1.165, 1.54) is 17.7 Å². The molecule has 0 saturated carbocycles. The maximum Gasteiger partial charge on any atom is 0.268 e. The zero-order valence-corrected chi connectivity index (χ0v) is 12.9. The number of halogens is 2. The Labute approximate surface area is 123 Å². The molecule has 0 unspecified atom stereocenters. The van der Waals surface area contributed by atoms with E-state index < -0.39 is 0 Å². The minimum absolute atomic E-state index is 0.0950. The summed E-state index contributed by atoms with van der Waals surface area (Å²) in [6.45, 7) is 0. The van der Waals surface area contributed by atoms with Crippen LogP contribution in [0.15, 0.2) is 44.3 Å². The lowest BCUT2D eigenvalue weighted by Gasteiger charge is -2.01. The summed E-state index contributed by atoms with van der Waals surface area (Å²) in [5.41, 5.74) is 1.68. The molecular weight excluding hydrogens is 380 g/mol. The van der Waals surface area contributed by atoms with Crippen molar-refractivity contribution in [2.45, 2.75) is 0 Å². The highest BCUT2D eigenvalue weighted by Gasteiger charge is 2.10. The summed E-state index contributed by atoms with van der Waals surface area (Å²) in [6.07, 6.45) is 1.43. The topological polar surface area (TPSA) is 45.8 Å². The summed E-state index contributed by atoms with van der Waals surface area (Å²) in [5, 5.41) is 0. The van der Waals surface area contributed by atoms with E-state index in [1.807, 2.05) is 24.3 Å². The number of fused-ring (bicyclic) bond motifs is 1. The van der Waals surface area contributed by atoms with Crippen LogP contribution in [0.1, 0.15) is 0 Å². The van der Waals surface area contributed by atoms with Crippen molar-refractivity contribution >= 4 is 53.4 Å². The number of nitrogens with zero attached hydrogens (tertiary/aromatic N) is 1. The summed E-state index contributed by atoms with van der Waals surface area (Å²) in [7, 11) is 0. The zero-order chi connectivity index (χ0) is 12.7. The highest BCUT2D eigenvalue weighted by molar-refractivity contribution is 9.11. The second kappa shape index (κ2) is 4.60. The Morgan fingerprint density at radius 1 is 1.22 bits per heavy atom. The molecule has 0 atom stereocenters. The summed E-state index contributed by atoms with van der Waals surface area (Å²) in [6, 6.07) is 7.89. The predicted octanol–water partition coefficient (Wildman–Crippen LogP) is 4.18. The molecule has 0 saturated heterocycles. The lowest BCUT2D eigenvalue weighted by molar-refractivity contribution is 1.18. The van der Waals surface area contributed by atoms with E-state index in [0.29, 0.717) is 4.70 Å². The van der Waals surface area contributed by atoms with Crippen molar-refractivity contribution in [2.75, 3.05) is 0 Å². The molecule has 0 aliphatic heterocycles. The number of rotatable bonds is 1. The third kappa shape index (κ3) is 2.04. The number of aromatic amines is 1. The molecule has 3 nitrogen and oxygen atoms in total. The summed E-state index contributed by atoms with van der Waals surface area (Å²) in [5.74, 6) is 0. The van der Waals surface area contributed by atoms with Gasteiger partial charge >= 0.3 is 0 Å². The average Bonchev–Trinajstić information content (AvgIpc) is 2.77. The standard InChI is InChI=1S/C12H6Br2N2OS/c13-6-1-2-8(14)7(3-6)10-4-9-11(18-10)12(17)16-5-15-9/h1-5H,(H,15,16,17). The highest BCUT2D eigenvalue weighted by Crippen LogP contribution is 2.36. The Bertz CT molecular complexity index is 794. The molecule has 2 heterocycles. The molecule has 1 aromatic carbocycles. The Morgan fingerprint density at radius 2 is 2.06 bits per heavy atom. The van der Waals surface area contributed by atoms with Gasteiger partial charge in [0.2, 0.25) is 0 Å². The van der Waals surface area contributed by atoms with Crippen molar-refractivity contribution in [1.82, 2.24) is 9.97 Å². The third-order valence-electron chi connectivity index (χ3n) is 2.51. The van der Waals surface area contributed by atoms with Crippen LogP contribution < -0.4 is 5.56 Å². The van der Waals surface area contributed by atoms with Gasteiger partial charge in [-0.25, -0.2) is 4.98 Å². The van der Waals surface area contributed by atoms with Crippen LogP contribution in [0, 0.1) is 0 Å². The number of aromatic nitrogens is 2. The van der Waals surface area contributed by atoms with Crippen LogP contribution in [-0.2, 0) is 0 Å². The molecule has 6 heteroatoms. The van der Waals surface area contributed by atoms with Crippen molar-refractivity contribution < 1.29 is 0 Å². The molecular formula is C12H6Br2N2OS. The lowest BCUT2D eigenvalue weighted by Crippen LogP contribution is -2.02. The van der Waals surface area contributed by atoms with Gasteiger partial charge in [0.1, 0.15) is 4.70 Å². The Kier molecular flexibility index (Phi) is 3.09. The van der Waals surface area contributed by atoms with Gasteiger partial charge in [0.05, 0.1) is 11.8 Å². The minimum Gasteiger partial charge on any atom is -0.312 e. The van der Waals surface area contributed by atoms with Crippen LogP contribution in [0.3, 0.4) is 0 Å². The molecule has 90 valence electrons. The predicted molar refractivity (Wildman–Crippen MR) is 81.1 cm³/mol. The molecule has 0 radical (unpaired) electrons. The molecule has 0 aliphatic carbocycles. The molecule has 0 bridgehead atoms. The fraction of sp³-hybridized carbons (Fsp3) is 0. The van der Waals surface area contributed by atoms with Crippen LogP contribution in [0.5, 0.6) is 0 Å². The normalized spacial score (nSPS) is 11.0. The minimum atomic E-state index is -0.0950. The molecule has 0 fully saturated rings. The van der Waals surface area contributed by atoms with Crippen molar-refractivity contribution in [3.63, 3.8) is 0 Å². The maximum absolute atomic E-state index is 11.7. The van der Waals surface area contributed by atoms with E-state index in [-0.39, 0.29) is 5.56 Å². The van der Waals surface area contributed by atoms with Gasteiger partial charge in [-0.05, 0) is 24.3 Å². The molecule has 3 rings (SSSR count). The molecule has 3 aromatic rings. The molecule has 0 spiro atoms. The van der Waals surface area contributed by atoms with Gasteiger partial charge in [0, 0.05) is 19.4 Å². The van der Waals surface area contributed by atoms with Crippen LogP contribution in [0.25, 0.3) is 20.7 Å². The van der Waals surface area contributed by atoms with Crippen LogP contribution in [0.2, 0.25) is 0 Å². The number of benzene rings is 1. The number of H-pyrrole nitrogens is 1. The fourth-order valence-corrected chi connectivity index (χ4v) is 3.67. The van der Waals surface area contributed by atoms with E-state index in [1.54, 1.807) is 0 Å². The summed E-state index contributed by atoms with van der Waals surface area (Å²) < 4.78 is 2.65. The Hall–Kier alpha value is -0.980. The Morgan fingerprint density at radius 3 is 2.83 bits per heavy atom. The smallest absolute Gasteiger partial charge is 0.268 e. The second-order valence-corrected chi connectivity index (χ2v) is 6.50. The number of hydrogen-bond donors (Lipinski definition) is 1. The van der Waals surface area contributed by atoms with Crippen LogP contribution in [0.4, 0.5) is 0 Å². The number of thiophene rings is 1. The Balaban J connectivity index is 2.29. The number of nitrogens with one attached hydrogen (secondary N) is 1. The molecule has 2 aromatic heterocycles. The van der Waals surface area contributed by atoms with Gasteiger partial charge in [0.15, 0.2) is 0 Å². The molecule has 0 amide bonds. The first-order valence-corrected chi connectivity index (χ1v) is 7.48. The van der Waals surface area contributed by atoms with Gasteiger partial charge in [-0.2, -0.15) is 0 Å². The van der Waals surface area contributed by atoms with Gasteiger partial charge in [0.25, 0.3) is 5.56 Å². The lowest BCUT2D eigenvalue weighted by atomic mass is 10.2. The second-order valence-electron chi connectivity index (χ2n) is 3.68. The maximum atomic E-state index is 11.7. The first kappa shape index (κ1) is 12.1. The summed E-state index contributed by atoms with van der Waals surface area (Å²) in [4.78, 5) is 19.4. The van der Waals surface area contributed by atoms with Crippen LogP contribution >= 0.6 is 43.2 Å². The first-order chi connectivity index (χ1) is 8.65. The van der Waals surface area contributed by atoms with Gasteiger partial charge in [-0.1, -0.05) is 31.9 Å². The summed E-state index contributed by atoms with van der Waals surface area (Å²) >= 11 is 8.42. The van der Waals surface area contributed by atoms with Crippen molar-refractivity contribution in [3.05, 3.63) is 49.9 Å².